The molecule has 0 heterocycles. The third kappa shape index (κ3) is 7.92. The Kier molecular flexibility index (Phi) is 10.3. The number of nitrogens with one attached hydrogen (secondary N) is 1. The molecule has 0 fully saturated rings. The van der Waals surface area contributed by atoms with Gasteiger partial charge in [0.1, 0.15) is 12.6 Å². The second-order valence-electron chi connectivity index (χ2n) is 10.1. The zero-order chi connectivity index (χ0) is 28.7. The summed E-state index contributed by atoms with van der Waals surface area (Å²) in [5.41, 5.74) is 2.85. The molecular formula is C30H36BrN3O4S. The van der Waals surface area contributed by atoms with E-state index in [0.29, 0.717) is 17.8 Å². The van der Waals surface area contributed by atoms with Crippen molar-refractivity contribution in [2.45, 2.75) is 52.1 Å². The van der Waals surface area contributed by atoms with Crippen LogP contribution in [0.25, 0.3) is 0 Å². The molecule has 0 aromatic heterocycles. The Bertz CT molecular complexity index is 1410. The molecule has 0 spiro atoms. The van der Waals surface area contributed by atoms with Gasteiger partial charge in [-0.05, 0) is 68.1 Å². The number of sulfonamides is 1. The van der Waals surface area contributed by atoms with Crippen LogP contribution in [-0.4, -0.2) is 44.3 Å². The van der Waals surface area contributed by atoms with Crippen LogP contribution in [0.1, 0.15) is 37.5 Å². The first-order chi connectivity index (χ1) is 18.4. The molecule has 1 atom stereocenters. The average molecular weight is 615 g/mol. The highest BCUT2D eigenvalue weighted by Crippen LogP contribution is 2.27. The van der Waals surface area contributed by atoms with Gasteiger partial charge >= 0.3 is 0 Å². The average Bonchev–Trinajstić information content (AvgIpc) is 2.89. The van der Waals surface area contributed by atoms with Gasteiger partial charge in [-0.15, -0.1) is 0 Å². The minimum absolute atomic E-state index is 0.0883. The first-order valence-electron chi connectivity index (χ1n) is 12.9. The lowest BCUT2D eigenvalue weighted by Gasteiger charge is -2.32. The molecule has 3 aromatic carbocycles. The second kappa shape index (κ2) is 13.3. The molecule has 7 nitrogen and oxygen atoms in total. The van der Waals surface area contributed by atoms with Crippen LogP contribution in [0.5, 0.6) is 0 Å². The number of rotatable bonds is 11. The third-order valence-electron chi connectivity index (χ3n) is 6.37. The molecular weight excluding hydrogens is 578 g/mol. The molecule has 3 rings (SSSR count). The molecule has 0 saturated heterocycles. The van der Waals surface area contributed by atoms with E-state index >= 15 is 0 Å². The minimum atomic E-state index is -4.09. The topological polar surface area (TPSA) is 86.8 Å². The van der Waals surface area contributed by atoms with Gasteiger partial charge in [-0.25, -0.2) is 8.42 Å². The Hall–Kier alpha value is -3.17. The van der Waals surface area contributed by atoms with Crippen molar-refractivity contribution >= 4 is 43.5 Å². The number of carbonyl (C=O) groups excluding carboxylic acids is 2. The molecule has 0 aliphatic rings. The summed E-state index contributed by atoms with van der Waals surface area (Å²) in [7, 11) is -4.09. The number of amides is 2. The molecule has 0 bridgehead atoms. The van der Waals surface area contributed by atoms with Gasteiger partial charge in [0.05, 0.1) is 10.6 Å². The van der Waals surface area contributed by atoms with E-state index in [4.69, 9.17) is 0 Å². The van der Waals surface area contributed by atoms with Crippen molar-refractivity contribution in [1.29, 1.82) is 0 Å². The van der Waals surface area contributed by atoms with Crippen molar-refractivity contribution in [2.24, 2.45) is 5.92 Å². The van der Waals surface area contributed by atoms with Crippen molar-refractivity contribution in [3.63, 3.8) is 0 Å². The lowest BCUT2D eigenvalue weighted by molar-refractivity contribution is -0.139. The molecule has 3 aromatic rings. The molecule has 0 aliphatic heterocycles. The molecule has 208 valence electrons. The normalized spacial score (nSPS) is 12.2. The molecule has 2 amide bonds. The maximum Gasteiger partial charge on any atom is 0.264 e. The summed E-state index contributed by atoms with van der Waals surface area (Å²) in [4.78, 5) is 28.6. The monoisotopic (exact) mass is 613 g/mol. The Morgan fingerprint density at radius 1 is 0.923 bits per heavy atom. The summed E-state index contributed by atoms with van der Waals surface area (Å²) in [6, 6.07) is 20.2. The number of carbonyl (C=O) groups is 2. The van der Waals surface area contributed by atoms with Gasteiger partial charge in [-0.3, -0.25) is 13.9 Å². The van der Waals surface area contributed by atoms with Gasteiger partial charge in [-0.2, -0.15) is 0 Å². The zero-order valence-corrected chi connectivity index (χ0v) is 25.4. The van der Waals surface area contributed by atoms with Crippen molar-refractivity contribution in [3.8, 4) is 0 Å². The largest absolute Gasteiger partial charge is 0.354 e. The summed E-state index contributed by atoms with van der Waals surface area (Å²) >= 11 is 3.46. The number of benzene rings is 3. The Morgan fingerprint density at radius 3 is 2.21 bits per heavy atom. The SMILES string of the molecule is Cc1ccc(S(=O)(=O)N(CC(=O)N(Cc2cccc(Br)c2)C(C)C(=O)NCC(C)C)c2ccccc2C)cc1. The van der Waals surface area contributed by atoms with Gasteiger partial charge < -0.3 is 10.2 Å². The fourth-order valence-corrected chi connectivity index (χ4v) is 5.99. The fourth-order valence-electron chi connectivity index (χ4n) is 4.06. The van der Waals surface area contributed by atoms with Crippen molar-refractivity contribution in [3.05, 3.63) is 94.0 Å². The van der Waals surface area contributed by atoms with Gasteiger partial charge in [0.2, 0.25) is 11.8 Å². The van der Waals surface area contributed by atoms with Crippen LogP contribution in [0.15, 0.2) is 82.2 Å². The molecule has 1 N–H and O–H groups in total. The summed E-state index contributed by atoms with van der Waals surface area (Å²) in [6.07, 6.45) is 0. The van der Waals surface area contributed by atoms with Gasteiger partial charge in [0.25, 0.3) is 10.0 Å². The van der Waals surface area contributed by atoms with Crippen molar-refractivity contribution in [1.82, 2.24) is 10.2 Å². The smallest absolute Gasteiger partial charge is 0.264 e. The fraction of sp³-hybridized carbons (Fsp3) is 0.333. The molecule has 0 radical (unpaired) electrons. The number of halogens is 1. The van der Waals surface area contributed by atoms with Gasteiger partial charge in [-0.1, -0.05) is 77.8 Å². The van der Waals surface area contributed by atoms with Crippen LogP contribution >= 0.6 is 15.9 Å². The summed E-state index contributed by atoms with van der Waals surface area (Å²) in [5.74, 6) is -0.538. The molecule has 1 unspecified atom stereocenters. The first kappa shape index (κ1) is 30.4. The van der Waals surface area contributed by atoms with E-state index in [-0.39, 0.29) is 23.3 Å². The first-order valence-corrected chi connectivity index (χ1v) is 15.1. The van der Waals surface area contributed by atoms with E-state index in [1.807, 2.05) is 51.1 Å². The maximum absolute atomic E-state index is 14.0. The molecule has 39 heavy (non-hydrogen) atoms. The van der Waals surface area contributed by atoms with Crippen LogP contribution in [0.3, 0.4) is 0 Å². The number of para-hydroxylation sites is 1. The summed E-state index contributed by atoms with van der Waals surface area (Å²) < 4.78 is 29.8. The third-order valence-corrected chi connectivity index (χ3v) is 8.63. The lowest BCUT2D eigenvalue weighted by Crippen LogP contribution is -2.51. The summed E-state index contributed by atoms with van der Waals surface area (Å²) in [5, 5.41) is 2.90. The molecule has 9 heteroatoms. The Morgan fingerprint density at radius 2 is 1.59 bits per heavy atom. The number of aryl methyl sites for hydroxylation is 2. The van der Waals surface area contributed by atoms with Gasteiger partial charge in [0.15, 0.2) is 0 Å². The van der Waals surface area contributed by atoms with Crippen LogP contribution in [0, 0.1) is 19.8 Å². The van der Waals surface area contributed by atoms with Crippen LogP contribution in [0.4, 0.5) is 5.69 Å². The van der Waals surface area contributed by atoms with Crippen LogP contribution in [0.2, 0.25) is 0 Å². The predicted molar refractivity (Wildman–Crippen MR) is 159 cm³/mol. The van der Waals surface area contributed by atoms with E-state index in [9.17, 15) is 18.0 Å². The predicted octanol–water partition coefficient (Wildman–Crippen LogP) is 5.45. The number of nitrogens with zero attached hydrogens (tertiary/aromatic N) is 2. The van der Waals surface area contributed by atoms with E-state index < -0.39 is 28.5 Å². The molecule has 0 saturated carbocycles. The van der Waals surface area contributed by atoms with Crippen LogP contribution in [-0.2, 0) is 26.2 Å². The van der Waals surface area contributed by atoms with E-state index in [1.54, 1.807) is 56.3 Å². The van der Waals surface area contributed by atoms with Gasteiger partial charge in [0, 0.05) is 17.6 Å². The highest BCUT2D eigenvalue weighted by Gasteiger charge is 2.33. The highest BCUT2D eigenvalue weighted by molar-refractivity contribution is 9.10. The van der Waals surface area contributed by atoms with E-state index in [1.165, 1.54) is 4.90 Å². The maximum atomic E-state index is 14.0. The lowest BCUT2D eigenvalue weighted by atomic mass is 10.1. The molecule has 0 aliphatic carbocycles. The van der Waals surface area contributed by atoms with E-state index in [0.717, 1.165) is 19.9 Å². The Labute approximate surface area is 240 Å². The quantitative estimate of drug-likeness (QED) is 0.311. The van der Waals surface area contributed by atoms with Crippen LogP contribution < -0.4 is 9.62 Å². The van der Waals surface area contributed by atoms with Crippen molar-refractivity contribution in [2.75, 3.05) is 17.4 Å². The zero-order valence-electron chi connectivity index (χ0n) is 23.0. The van der Waals surface area contributed by atoms with E-state index in [2.05, 4.69) is 21.2 Å². The number of hydrogen-bond donors (Lipinski definition) is 1. The Balaban J connectivity index is 2.02. The minimum Gasteiger partial charge on any atom is -0.354 e. The number of anilines is 1. The number of hydrogen-bond acceptors (Lipinski definition) is 4. The van der Waals surface area contributed by atoms with Crippen molar-refractivity contribution < 1.29 is 18.0 Å². The standard InChI is InChI=1S/C30H36BrN3O4S/c1-21(2)18-32-30(36)24(5)33(19-25-10-8-11-26(31)17-25)29(35)20-34(28-12-7-6-9-23(28)4)39(37,38)27-15-13-22(3)14-16-27/h6-17,21,24H,18-20H2,1-5H3,(H,32,36). The summed E-state index contributed by atoms with van der Waals surface area (Å²) in [6.45, 7) is 9.48. The highest BCUT2D eigenvalue weighted by atomic mass is 79.9. The second-order valence-corrected chi connectivity index (χ2v) is 12.9.